The van der Waals surface area contributed by atoms with Crippen LogP contribution < -0.4 is 18.9 Å². The molecule has 0 atom stereocenters. The van der Waals surface area contributed by atoms with E-state index in [0.717, 1.165) is 57.2 Å². The monoisotopic (exact) mass is 700 g/mol. The Kier molecular flexibility index (Phi) is 13.5. The molecule has 2 heterocycles. The second-order valence-electron chi connectivity index (χ2n) is 10.9. The highest BCUT2D eigenvalue weighted by Crippen LogP contribution is 2.28. The molecule has 0 saturated carbocycles. The zero-order chi connectivity index (χ0) is 33.8. The van der Waals surface area contributed by atoms with Gasteiger partial charge in [-0.15, -0.1) is 0 Å². The lowest BCUT2D eigenvalue weighted by Gasteiger charge is -2.24. The summed E-state index contributed by atoms with van der Waals surface area (Å²) in [5, 5.41) is 23.1. The normalized spacial score (nSPS) is 12.0. The maximum absolute atomic E-state index is 12.4. The van der Waals surface area contributed by atoms with Gasteiger partial charge in [0.2, 0.25) is 0 Å². The van der Waals surface area contributed by atoms with Crippen LogP contribution in [0.25, 0.3) is 0 Å². The maximum atomic E-state index is 12.4. The molecule has 0 N–H and O–H groups in total. The van der Waals surface area contributed by atoms with Gasteiger partial charge >= 0.3 is 20.7 Å². The van der Waals surface area contributed by atoms with Gasteiger partial charge < -0.3 is 9.80 Å². The van der Waals surface area contributed by atoms with E-state index < -0.39 is 10.4 Å². The van der Waals surface area contributed by atoms with Crippen molar-refractivity contribution in [2.45, 2.75) is 40.5 Å². The van der Waals surface area contributed by atoms with E-state index in [1.54, 1.807) is 0 Å². The minimum Gasteiger partial charge on any atom is -0.372 e. The number of thiazole rings is 2. The molecule has 0 aliphatic heterocycles. The van der Waals surface area contributed by atoms with Gasteiger partial charge in [0.15, 0.2) is 0 Å². The van der Waals surface area contributed by atoms with E-state index in [2.05, 4.69) is 56.2 Å². The highest BCUT2D eigenvalue weighted by Gasteiger charge is 2.15. The van der Waals surface area contributed by atoms with Crippen LogP contribution >= 0.6 is 22.7 Å². The number of hydrogen-bond donors (Lipinski definition) is 0. The maximum Gasteiger partial charge on any atom is 0.408 e. The first-order valence-corrected chi connectivity index (χ1v) is 18.6. The first-order valence-electron chi connectivity index (χ1n) is 15.5. The van der Waals surface area contributed by atoms with Gasteiger partial charge in [0.1, 0.15) is 23.8 Å². The van der Waals surface area contributed by atoms with Gasteiger partial charge in [-0.3, -0.25) is 0 Å². The zero-order valence-corrected chi connectivity index (χ0v) is 30.3. The molecule has 4 aromatic rings. The van der Waals surface area contributed by atoms with Crippen LogP contribution in [0.15, 0.2) is 80.0 Å². The van der Waals surface area contributed by atoms with Gasteiger partial charge in [-0.05, 0) is 121 Å². The van der Waals surface area contributed by atoms with Crippen molar-refractivity contribution < 1.29 is 25.9 Å². The van der Waals surface area contributed by atoms with Crippen molar-refractivity contribution in [2.75, 3.05) is 49.2 Å². The molecule has 0 bridgehead atoms. The summed E-state index contributed by atoms with van der Waals surface area (Å²) >= 11 is 3.06. The molecular weight excluding hydrogens is 657 g/mol. The van der Waals surface area contributed by atoms with E-state index in [0.29, 0.717) is 25.9 Å². The SMILES string of the molecule is CCN(CCCOS(=O)(=O)OCCCN(CC)c1ccc(N=Nc2scc[n+]2C)c(C)c1)c1ccc(N=Nc2scc[n+]2C)c(C)c1. The third-order valence-electron chi connectivity index (χ3n) is 7.46. The molecule has 15 heteroatoms. The molecule has 0 fully saturated rings. The highest BCUT2D eigenvalue weighted by molar-refractivity contribution is 7.81. The van der Waals surface area contributed by atoms with Crippen molar-refractivity contribution in [3.05, 3.63) is 70.7 Å². The van der Waals surface area contributed by atoms with Crippen LogP contribution in [-0.4, -0.2) is 47.8 Å². The first-order chi connectivity index (χ1) is 22.6. The largest absolute Gasteiger partial charge is 0.408 e. The number of nitrogens with zero attached hydrogens (tertiary/aromatic N) is 8. The number of anilines is 2. The Labute approximate surface area is 286 Å². The number of aryl methyl sites for hydroxylation is 4. The summed E-state index contributed by atoms with van der Waals surface area (Å²) in [4.78, 5) is 4.34. The van der Waals surface area contributed by atoms with Crippen molar-refractivity contribution >= 4 is 66.1 Å². The van der Waals surface area contributed by atoms with Gasteiger partial charge in [0.05, 0.1) is 37.5 Å². The smallest absolute Gasteiger partial charge is 0.372 e. The van der Waals surface area contributed by atoms with Crippen LogP contribution in [0.1, 0.15) is 37.8 Å². The quantitative estimate of drug-likeness (QED) is 0.0611. The fourth-order valence-corrected chi connectivity index (χ4v) is 6.82. The minimum atomic E-state index is -4.09. The van der Waals surface area contributed by atoms with E-state index in [1.165, 1.54) is 22.7 Å². The number of rotatable bonds is 18. The Morgan fingerprint density at radius 2 is 1.13 bits per heavy atom. The van der Waals surface area contributed by atoms with Crippen LogP contribution in [0.2, 0.25) is 0 Å². The van der Waals surface area contributed by atoms with Gasteiger partial charge in [-0.2, -0.15) is 8.42 Å². The lowest BCUT2D eigenvalue weighted by atomic mass is 10.1. The van der Waals surface area contributed by atoms with Crippen LogP contribution in [0, 0.1) is 13.8 Å². The van der Waals surface area contributed by atoms with E-state index >= 15 is 0 Å². The first kappa shape index (κ1) is 36.2. The average Bonchev–Trinajstić information content (AvgIpc) is 3.66. The van der Waals surface area contributed by atoms with Crippen LogP contribution in [0.3, 0.4) is 0 Å². The topological polar surface area (TPSA) is 116 Å². The van der Waals surface area contributed by atoms with Crippen molar-refractivity contribution in [3.8, 4) is 0 Å². The number of benzene rings is 2. The zero-order valence-electron chi connectivity index (χ0n) is 27.9. The van der Waals surface area contributed by atoms with E-state index in [4.69, 9.17) is 8.37 Å². The lowest BCUT2D eigenvalue weighted by Crippen LogP contribution is -2.26. The molecule has 0 saturated heterocycles. The minimum absolute atomic E-state index is 0.0384. The second-order valence-corrected chi connectivity index (χ2v) is 13.9. The van der Waals surface area contributed by atoms with Crippen molar-refractivity contribution in [3.63, 3.8) is 0 Å². The number of aromatic nitrogens is 2. The summed E-state index contributed by atoms with van der Waals surface area (Å²) in [6.07, 6.45) is 4.94. The molecule has 0 radical (unpaired) electrons. The van der Waals surface area contributed by atoms with Crippen molar-refractivity contribution in [1.82, 2.24) is 0 Å². The van der Waals surface area contributed by atoms with Gasteiger partial charge in [0.25, 0.3) is 0 Å². The summed E-state index contributed by atoms with van der Waals surface area (Å²) in [5.41, 5.74) is 5.70. The molecule has 12 nitrogen and oxygen atoms in total. The average molecular weight is 701 g/mol. The summed E-state index contributed by atoms with van der Waals surface area (Å²) in [5.74, 6) is 0. The van der Waals surface area contributed by atoms with E-state index in [1.807, 2.05) is 84.5 Å². The standard InChI is InChI=1S/C32H44N8O4S3/c1-7-39(27-11-13-29(25(3)23-27)33-35-31-37(5)17-21-45-31)15-9-19-43-47(41,42)44-20-10-16-40(8-2)28-12-14-30(26(4)24-28)34-36-32-38(6)18-22-46-32/h11-14,17-18,21-24H,7-10,15-16,19-20H2,1-6H3/q+2. The Morgan fingerprint density at radius 1 is 0.702 bits per heavy atom. The van der Waals surface area contributed by atoms with Gasteiger partial charge in [-0.25, -0.2) is 17.5 Å². The van der Waals surface area contributed by atoms with Gasteiger partial charge in [-0.1, -0.05) is 0 Å². The predicted molar refractivity (Wildman–Crippen MR) is 188 cm³/mol. The fraction of sp³-hybridized carbons (Fsp3) is 0.438. The van der Waals surface area contributed by atoms with E-state index in [-0.39, 0.29) is 13.2 Å². The second kappa shape index (κ2) is 17.5. The summed E-state index contributed by atoms with van der Waals surface area (Å²) in [7, 11) is -0.211. The lowest BCUT2D eigenvalue weighted by molar-refractivity contribution is -0.654. The van der Waals surface area contributed by atoms with Crippen LogP contribution in [-0.2, 0) is 32.9 Å². The molecule has 0 unspecified atom stereocenters. The Balaban J connectivity index is 1.19. The number of hydrogen-bond acceptors (Lipinski definition) is 12. The Bertz CT molecular complexity index is 1650. The molecule has 0 amide bonds. The number of azo groups is 2. The fourth-order valence-electron chi connectivity index (χ4n) is 4.74. The third-order valence-corrected chi connectivity index (χ3v) is 10.0. The predicted octanol–water partition coefficient (Wildman–Crippen LogP) is 7.32. The molecule has 0 aliphatic carbocycles. The third kappa shape index (κ3) is 10.7. The molecule has 0 spiro atoms. The summed E-state index contributed by atoms with van der Waals surface area (Å²) in [6, 6.07) is 12.1. The van der Waals surface area contributed by atoms with Crippen LogP contribution in [0.5, 0.6) is 0 Å². The van der Waals surface area contributed by atoms with Crippen LogP contribution in [0.4, 0.5) is 33.0 Å². The Hall–Kier alpha value is -3.63. The molecular formula is C32H44N8O4S3+2. The molecule has 0 aliphatic rings. The van der Waals surface area contributed by atoms with Gasteiger partial charge in [0, 0.05) is 48.3 Å². The molecule has 4 rings (SSSR count). The summed E-state index contributed by atoms with van der Waals surface area (Å²) < 4.78 is 38.9. The molecule has 2 aromatic carbocycles. The highest BCUT2D eigenvalue weighted by atomic mass is 32.3. The van der Waals surface area contributed by atoms with Crippen molar-refractivity contribution in [2.24, 2.45) is 34.6 Å². The molecule has 252 valence electrons. The summed E-state index contributed by atoms with van der Waals surface area (Å²) in [6.45, 7) is 11.0. The molecule has 47 heavy (non-hydrogen) atoms. The Morgan fingerprint density at radius 3 is 1.47 bits per heavy atom. The van der Waals surface area contributed by atoms with E-state index in [9.17, 15) is 8.42 Å². The molecule has 2 aromatic heterocycles. The van der Waals surface area contributed by atoms with Crippen molar-refractivity contribution in [1.29, 1.82) is 0 Å².